The highest BCUT2D eigenvalue weighted by molar-refractivity contribution is 5.93. The maximum atomic E-state index is 12.4. The van der Waals surface area contributed by atoms with Gasteiger partial charge in [0, 0.05) is 19.5 Å². The molecule has 2 rings (SSSR count). The minimum atomic E-state index is -4.70. The number of hydrogen-bond acceptors (Lipinski definition) is 3. The van der Waals surface area contributed by atoms with Crippen LogP contribution in [0.25, 0.3) is 0 Å². The third-order valence-electron chi connectivity index (χ3n) is 3.77. The van der Waals surface area contributed by atoms with Crippen molar-refractivity contribution in [1.82, 2.24) is 10.2 Å². The van der Waals surface area contributed by atoms with E-state index in [1.807, 2.05) is 0 Å². The molecule has 1 N–H and O–H groups in total. The molecule has 0 atom stereocenters. The van der Waals surface area contributed by atoms with Gasteiger partial charge >= 0.3 is 6.36 Å². The lowest BCUT2D eigenvalue weighted by Crippen LogP contribution is -2.55. The summed E-state index contributed by atoms with van der Waals surface area (Å²) >= 11 is 0. The van der Waals surface area contributed by atoms with Crippen LogP contribution in [0.5, 0.6) is 0 Å². The molecule has 114 valence electrons. The summed E-state index contributed by atoms with van der Waals surface area (Å²) in [6, 6.07) is 0. The molecule has 5 nitrogen and oxygen atoms in total. The Morgan fingerprint density at radius 3 is 2.50 bits per heavy atom. The average molecular weight is 294 g/mol. The van der Waals surface area contributed by atoms with Crippen molar-refractivity contribution in [3.05, 3.63) is 0 Å². The van der Waals surface area contributed by atoms with Gasteiger partial charge in [-0.05, 0) is 12.8 Å². The van der Waals surface area contributed by atoms with E-state index in [1.165, 1.54) is 4.90 Å². The number of nitrogens with zero attached hydrogens (tertiary/aromatic N) is 1. The van der Waals surface area contributed by atoms with Crippen LogP contribution in [0.4, 0.5) is 13.2 Å². The number of amides is 2. The predicted octanol–water partition coefficient (Wildman–Crippen LogP) is 1.18. The van der Waals surface area contributed by atoms with Gasteiger partial charge in [0.15, 0.2) is 0 Å². The number of halogens is 3. The van der Waals surface area contributed by atoms with Crippen LogP contribution >= 0.6 is 0 Å². The van der Waals surface area contributed by atoms with Crippen molar-refractivity contribution in [3.8, 4) is 0 Å². The molecule has 2 amide bonds. The molecule has 0 aromatic carbocycles. The summed E-state index contributed by atoms with van der Waals surface area (Å²) in [5.41, 5.74) is -0.911. The molecule has 0 radical (unpaired) electrons. The minimum absolute atomic E-state index is 0.111. The maximum Gasteiger partial charge on any atom is 0.522 e. The van der Waals surface area contributed by atoms with E-state index in [4.69, 9.17) is 0 Å². The molecule has 2 aliphatic rings. The summed E-state index contributed by atoms with van der Waals surface area (Å²) in [5.74, 6) is -0.508. The van der Waals surface area contributed by atoms with Gasteiger partial charge in [0.2, 0.25) is 11.8 Å². The summed E-state index contributed by atoms with van der Waals surface area (Å²) in [7, 11) is 0. The fourth-order valence-electron chi connectivity index (χ4n) is 2.83. The molecule has 2 fully saturated rings. The number of hydrogen-bond donors (Lipinski definition) is 1. The SMILES string of the molecule is O=C1CCN(CCOC(F)(F)F)C(=O)C2(CCCC2)N1. The van der Waals surface area contributed by atoms with Gasteiger partial charge in [-0.15, -0.1) is 13.2 Å². The highest BCUT2D eigenvalue weighted by Crippen LogP contribution is 2.33. The number of carbonyl (C=O) groups is 2. The molecule has 20 heavy (non-hydrogen) atoms. The molecule has 8 heteroatoms. The summed E-state index contributed by atoms with van der Waals surface area (Å²) in [6.07, 6.45) is -1.83. The van der Waals surface area contributed by atoms with Gasteiger partial charge < -0.3 is 10.2 Å². The number of nitrogens with one attached hydrogen (secondary N) is 1. The highest BCUT2D eigenvalue weighted by atomic mass is 19.4. The third-order valence-corrected chi connectivity index (χ3v) is 3.77. The first-order valence-electron chi connectivity index (χ1n) is 6.63. The van der Waals surface area contributed by atoms with Crippen LogP contribution in [0, 0.1) is 0 Å². The van der Waals surface area contributed by atoms with E-state index in [1.54, 1.807) is 0 Å². The molecule has 1 aliphatic heterocycles. The Kier molecular flexibility index (Phi) is 4.22. The van der Waals surface area contributed by atoms with Crippen molar-refractivity contribution >= 4 is 11.8 Å². The Morgan fingerprint density at radius 1 is 1.25 bits per heavy atom. The van der Waals surface area contributed by atoms with E-state index >= 15 is 0 Å². The second-order valence-corrected chi connectivity index (χ2v) is 5.17. The zero-order chi connectivity index (χ0) is 14.8. The molecular weight excluding hydrogens is 277 g/mol. The fourth-order valence-corrected chi connectivity index (χ4v) is 2.83. The molecule has 1 saturated carbocycles. The molecule has 1 heterocycles. The minimum Gasteiger partial charge on any atom is -0.342 e. The van der Waals surface area contributed by atoms with Crippen LogP contribution in [-0.4, -0.2) is 48.3 Å². The summed E-state index contributed by atoms with van der Waals surface area (Å²) in [4.78, 5) is 25.4. The second kappa shape index (κ2) is 5.59. The Labute approximate surface area is 114 Å². The quantitative estimate of drug-likeness (QED) is 0.850. The number of alkyl halides is 3. The Balaban J connectivity index is 2.01. The van der Waals surface area contributed by atoms with E-state index in [9.17, 15) is 22.8 Å². The molecular formula is C12H17F3N2O3. The lowest BCUT2D eigenvalue weighted by Gasteiger charge is -2.31. The molecule has 0 aromatic heterocycles. The van der Waals surface area contributed by atoms with Crippen LogP contribution in [-0.2, 0) is 14.3 Å². The van der Waals surface area contributed by atoms with Gasteiger partial charge in [-0.1, -0.05) is 12.8 Å². The van der Waals surface area contributed by atoms with Gasteiger partial charge in [0.25, 0.3) is 0 Å². The molecule has 1 saturated heterocycles. The largest absolute Gasteiger partial charge is 0.522 e. The van der Waals surface area contributed by atoms with E-state index in [-0.39, 0.29) is 31.3 Å². The van der Waals surface area contributed by atoms with Gasteiger partial charge in [-0.2, -0.15) is 0 Å². The smallest absolute Gasteiger partial charge is 0.342 e. The van der Waals surface area contributed by atoms with Gasteiger partial charge in [-0.3, -0.25) is 14.3 Å². The van der Waals surface area contributed by atoms with Crippen LogP contribution in [0.3, 0.4) is 0 Å². The van der Waals surface area contributed by atoms with Crippen LogP contribution in [0.2, 0.25) is 0 Å². The van der Waals surface area contributed by atoms with Crippen molar-refractivity contribution in [1.29, 1.82) is 0 Å². The first kappa shape index (κ1) is 15.1. The standard InChI is InChI=1S/C12H17F3N2O3/c13-12(14,15)20-8-7-17-6-3-9(18)16-11(10(17)19)4-1-2-5-11/h1-8H2,(H,16,18). The lowest BCUT2D eigenvalue weighted by atomic mass is 9.96. The van der Waals surface area contributed by atoms with E-state index < -0.39 is 18.5 Å². The number of carbonyl (C=O) groups excluding carboxylic acids is 2. The average Bonchev–Trinajstić information content (AvgIpc) is 2.76. The summed E-state index contributed by atoms with van der Waals surface area (Å²) in [5, 5.41) is 2.75. The second-order valence-electron chi connectivity index (χ2n) is 5.17. The van der Waals surface area contributed by atoms with Crippen molar-refractivity contribution in [2.45, 2.75) is 44.0 Å². The van der Waals surface area contributed by atoms with Crippen LogP contribution in [0.15, 0.2) is 0 Å². The van der Waals surface area contributed by atoms with Crippen LogP contribution in [0.1, 0.15) is 32.1 Å². The predicted molar refractivity (Wildman–Crippen MR) is 62.5 cm³/mol. The molecule has 0 aromatic rings. The van der Waals surface area contributed by atoms with Crippen LogP contribution < -0.4 is 5.32 Å². The van der Waals surface area contributed by atoms with Crippen molar-refractivity contribution in [3.63, 3.8) is 0 Å². The monoisotopic (exact) mass is 294 g/mol. The fraction of sp³-hybridized carbons (Fsp3) is 0.833. The van der Waals surface area contributed by atoms with Crippen molar-refractivity contribution in [2.75, 3.05) is 19.7 Å². The molecule has 1 aliphatic carbocycles. The lowest BCUT2D eigenvalue weighted by molar-refractivity contribution is -0.324. The third kappa shape index (κ3) is 3.41. The number of rotatable bonds is 3. The van der Waals surface area contributed by atoms with Gasteiger partial charge in [0.1, 0.15) is 5.54 Å². The first-order valence-corrected chi connectivity index (χ1v) is 6.63. The summed E-state index contributed by atoms with van der Waals surface area (Å²) < 4.78 is 39.6. The topological polar surface area (TPSA) is 58.6 Å². The van der Waals surface area contributed by atoms with E-state index in [0.29, 0.717) is 12.8 Å². The van der Waals surface area contributed by atoms with Gasteiger partial charge in [0.05, 0.1) is 6.61 Å². The van der Waals surface area contributed by atoms with Crippen molar-refractivity contribution < 1.29 is 27.5 Å². The Morgan fingerprint density at radius 2 is 1.90 bits per heavy atom. The van der Waals surface area contributed by atoms with Gasteiger partial charge in [-0.25, -0.2) is 0 Å². The first-order chi connectivity index (χ1) is 9.32. The zero-order valence-corrected chi connectivity index (χ0v) is 11.0. The highest BCUT2D eigenvalue weighted by Gasteiger charge is 2.46. The van der Waals surface area contributed by atoms with Crippen molar-refractivity contribution in [2.24, 2.45) is 0 Å². The van der Waals surface area contributed by atoms with E-state index in [0.717, 1.165) is 12.8 Å². The zero-order valence-electron chi connectivity index (χ0n) is 11.0. The normalized spacial score (nSPS) is 23.1. The Hall–Kier alpha value is -1.31. The number of ether oxygens (including phenoxy) is 1. The maximum absolute atomic E-state index is 12.4. The van der Waals surface area contributed by atoms with E-state index in [2.05, 4.69) is 10.1 Å². The molecule has 0 unspecified atom stereocenters. The molecule has 1 spiro atoms. The molecule has 0 bridgehead atoms. The summed E-state index contributed by atoms with van der Waals surface area (Å²) in [6.45, 7) is -0.637. The Bertz CT molecular complexity index is 392.